The maximum atomic E-state index is 2.36. The van der Waals surface area contributed by atoms with E-state index in [0.717, 1.165) is 0 Å². The second kappa shape index (κ2) is 8.28. The van der Waals surface area contributed by atoms with E-state index in [1.165, 1.54) is 62.8 Å². The third-order valence-electron chi connectivity index (χ3n) is 3.34. The van der Waals surface area contributed by atoms with Crippen molar-refractivity contribution in [3.8, 4) is 0 Å². The van der Waals surface area contributed by atoms with Gasteiger partial charge in [0.1, 0.15) is 0 Å². The summed E-state index contributed by atoms with van der Waals surface area (Å²) < 4.78 is 1.37. The first kappa shape index (κ1) is 14.0. The Bertz CT molecular complexity index is 112. The lowest BCUT2D eigenvalue weighted by atomic mass is 10.2. The normalized spacial score (nSPS) is 12.0. The average molecular weight is 200 g/mol. The Morgan fingerprint density at radius 1 is 0.643 bits per heavy atom. The van der Waals surface area contributed by atoms with Gasteiger partial charge in [-0.3, -0.25) is 0 Å². The Hall–Kier alpha value is -0.0400. The van der Waals surface area contributed by atoms with Crippen LogP contribution in [0.1, 0.15) is 59.8 Å². The monoisotopic (exact) mass is 200 g/mol. The van der Waals surface area contributed by atoms with Crippen molar-refractivity contribution in [2.24, 2.45) is 0 Å². The van der Waals surface area contributed by atoms with Crippen LogP contribution in [-0.2, 0) is 0 Å². The molecular formula is C13H30N+. The summed E-state index contributed by atoms with van der Waals surface area (Å²) in [5.41, 5.74) is 0. The van der Waals surface area contributed by atoms with Gasteiger partial charge in [0.25, 0.3) is 0 Å². The van der Waals surface area contributed by atoms with Crippen LogP contribution in [-0.4, -0.2) is 30.7 Å². The van der Waals surface area contributed by atoms with Gasteiger partial charge in [0.15, 0.2) is 0 Å². The van der Waals surface area contributed by atoms with Crippen LogP contribution in [0.5, 0.6) is 0 Å². The van der Waals surface area contributed by atoms with E-state index < -0.39 is 0 Å². The summed E-state index contributed by atoms with van der Waals surface area (Å²) in [6.07, 6.45) is 6.82. The van der Waals surface area contributed by atoms with Gasteiger partial charge in [0.2, 0.25) is 0 Å². The van der Waals surface area contributed by atoms with Crippen LogP contribution in [0.25, 0.3) is 0 Å². The Morgan fingerprint density at radius 3 is 1.43 bits per heavy atom. The summed E-state index contributed by atoms with van der Waals surface area (Å²) in [7, 11) is 0. The van der Waals surface area contributed by atoms with Crippen molar-refractivity contribution in [2.75, 3.05) is 26.2 Å². The first-order valence-corrected chi connectivity index (χ1v) is 6.59. The van der Waals surface area contributed by atoms with Crippen molar-refractivity contribution in [1.29, 1.82) is 0 Å². The second-order valence-electron chi connectivity index (χ2n) is 4.54. The fourth-order valence-electron chi connectivity index (χ4n) is 2.27. The Balaban J connectivity index is 4.11. The highest BCUT2D eigenvalue weighted by Gasteiger charge is 2.22. The third-order valence-corrected chi connectivity index (χ3v) is 3.34. The van der Waals surface area contributed by atoms with E-state index in [1.54, 1.807) is 0 Å². The zero-order chi connectivity index (χ0) is 10.9. The molecule has 0 rings (SSSR count). The molecular weight excluding hydrogens is 170 g/mol. The SMILES string of the molecule is CCCC[N+](CC)(CCC)CCCC. The molecule has 0 aliphatic heterocycles. The highest BCUT2D eigenvalue weighted by Crippen LogP contribution is 2.12. The van der Waals surface area contributed by atoms with Crippen LogP contribution < -0.4 is 0 Å². The van der Waals surface area contributed by atoms with Crippen LogP contribution in [0, 0.1) is 0 Å². The summed E-state index contributed by atoms with van der Waals surface area (Å²) in [5, 5.41) is 0. The van der Waals surface area contributed by atoms with E-state index in [-0.39, 0.29) is 0 Å². The Morgan fingerprint density at radius 2 is 1.14 bits per heavy atom. The molecule has 0 amide bonds. The molecule has 0 aliphatic rings. The van der Waals surface area contributed by atoms with Gasteiger partial charge in [-0.1, -0.05) is 33.6 Å². The Kier molecular flexibility index (Phi) is 8.26. The van der Waals surface area contributed by atoms with Gasteiger partial charge in [-0.25, -0.2) is 0 Å². The lowest BCUT2D eigenvalue weighted by Gasteiger charge is -2.38. The van der Waals surface area contributed by atoms with Crippen molar-refractivity contribution in [3.05, 3.63) is 0 Å². The molecule has 0 atom stereocenters. The van der Waals surface area contributed by atoms with Crippen molar-refractivity contribution in [2.45, 2.75) is 59.8 Å². The molecule has 0 aromatic heterocycles. The summed E-state index contributed by atoms with van der Waals surface area (Å²) in [5.74, 6) is 0. The lowest BCUT2D eigenvalue weighted by molar-refractivity contribution is -0.927. The van der Waals surface area contributed by atoms with Crippen LogP contribution in [0.15, 0.2) is 0 Å². The number of hydrogen-bond acceptors (Lipinski definition) is 0. The topological polar surface area (TPSA) is 0 Å². The van der Waals surface area contributed by atoms with E-state index in [9.17, 15) is 0 Å². The van der Waals surface area contributed by atoms with Gasteiger partial charge < -0.3 is 4.48 Å². The van der Waals surface area contributed by atoms with E-state index in [0.29, 0.717) is 0 Å². The minimum absolute atomic E-state index is 1.33. The number of quaternary nitrogens is 1. The summed E-state index contributed by atoms with van der Waals surface area (Å²) in [6, 6.07) is 0. The van der Waals surface area contributed by atoms with Crippen LogP contribution >= 0.6 is 0 Å². The molecule has 0 aliphatic carbocycles. The number of unbranched alkanes of at least 4 members (excludes halogenated alkanes) is 2. The molecule has 14 heavy (non-hydrogen) atoms. The highest BCUT2D eigenvalue weighted by atomic mass is 15.3. The van der Waals surface area contributed by atoms with Crippen LogP contribution in [0.3, 0.4) is 0 Å². The van der Waals surface area contributed by atoms with Gasteiger partial charge in [0, 0.05) is 0 Å². The highest BCUT2D eigenvalue weighted by molar-refractivity contribution is 4.45. The molecule has 1 nitrogen and oxygen atoms in total. The maximum absolute atomic E-state index is 2.36. The molecule has 0 aromatic rings. The summed E-state index contributed by atoms with van der Waals surface area (Å²) >= 11 is 0. The Labute approximate surface area is 91.1 Å². The molecule has 0 saturated heterocycles. The predicted molar refractivity (Wildman–Crippen MR) is 65.5 cm³/mol. The summed E-state index contributed by atoms with van der Waals surface area (Å²) in [6.45, 7) is 14.8. The third kappa shape index (κ3) is 4.99. The van der Waals surface area contributed by atoms with Gasteiger partial charge in [-0.15, -0.1) is 0 Å². The molecule has 0 bridgehead atoms. The molecule has 0 fully saturated rings. The maximum Gasteiger partial charge on any atom is 0.0786 e. The van der Waals surface area contributed by atoms with Crippen molar-refractivity contribution >= 4 is 0 Å². The molecule has 0 N–H and O–H groups in total. The van der Waals surface area contributed by atoms with Gasteiger partial charge >= 0.3 is 0 Å². The van der Waals surface area contributed by atoms with Gasteiger partial charge in [-0.2, -0.15) is 0 Å². The van der Waals surface area contributed by atoms with Crippen molar-refractivity contribution < 1.29 is 4.48 Å². The van der Waals surface area contributed by atoms with Crippen LogP contribution in [0.4, 0.5) is 0 Å². The second-order valence-corrected chi connectivity index (χ2v) is 4.54. The van der Waals surface area contributed by atoms with E-state index >= 15 is 0 Å². The van der Waals surface area contributed by atoms with Crippen molar-refractivity contribution in [3.63, 3.8) is 0 Å². The minimum atomic E-state index is 1.33. The molecule has 1 heteroatoms. The molecule has 0 aromatic carbocycles. The van der Waals surface area contributed by atoms with E-state index in [4.69, 9.17) is 0 Å². The fourth-order valence-corrected chi connectivity index (χ4v) is 2.27. The zero-order valence-electron chi connectivity index (χ0n) is 10.8. The largest absolute Gasteiger partial charge is 0.324 e. The number of hydrogen-bond donors (Lipinski definition) is 0. The van der Waals surface area contributed by atoms with E-state index in [1.807, 2.05) is 0 Å². The number of nitrogens with zero attached hydrogens (tertiary/aromatic N) is 1. The first-order chi connectivity index (χ1) is 6.74. The standard InChI is InChI=1S/C13H30N/c1-5-9-12-14(8-4,11-7-3)13-10-6-2/h5-13H2,1-4H3/q+1. The smallest absolute Gasteiger partial charge is 0.0786 e. The van der Waals surface area contributed by atoms with Crippen molar-refractivity contribution in [1.82, 2.24) is 0 Å². The molecule has 0 spiro atoms. The predicted octanol–water partition coefficient (Wildman–Crippen LogP) is 3.83. The molecule has 86 valence electrons. The fraction of sp³-hybridized carbons (Fsp3) is 1.00. The molecule has 0 heterocycles. The minimum Gasteiger partial charge on any atom is -0.324 e. The van der Waals surface area contributed by atoms with Gasteiger partial charge in [-0.05, 0) is 26.2 Å². The average Bonchev–Trinajstić information content (AvgIpc) is 2.22. The quantitative estimate of drug-likeness (QED) is 0.496. The lowest BCUT2D eigenvalue weighted by Crippen LogP contribution is -2.49. The molecule has 0 saturated carbocycles. The zero-order valence-corrected chi connectivity index (χ0v) is 10.8. The van der Waals surface area contributed by atoms with Crippen LogP contribution in [0.2, 0.25) is 0 Å². The summed E-state index contributed by atoms with van der Waals surface area (Å²) in [4.78, 5) is 0. The molecule has 0 radical (unpaired) electrons. The molecule has 0 unspecified atom stereocenters. The van der Waals surface area contributed by atoms with E-state index in [2.05, 4.69) is 27.7 Å². The van der Waals surface area contributed by atoms with Gasteiger partial charge in [0.05, 0.1) is 26.2 Å². The number of rotatable bonds is 9. The first-order valence-electron chi connectivity index (χ1n) is 6.59.